The largest absolute Gasteiger partial charge is 0.465 e. The van der Waals surface area contributed by atoms with Gasteiger partial charge in [0.25, 0.3) is 0 Å². The summed E-state index contributed by atoms with van der Waals surface area (Å²) in [6, 6.07) is 0. The van der Waals surface area contributed by atoms with Crippen LogP contribution in [0.3, 0.4) is 0 Å². The Kier molecular flexibility index (Phi) is 8.18. The molecule has 25 heavy (non-hydrogen) atoms. The van der Waals surface area contributed by atoms with Gasteiger partial charge in [-0.05, 0) is 20.3 Å². The number of carbonyl (C=O) groups is 3. The maximum Gasteiger partial charge on any atom is 0.465 e. The van der Waals surface area contributed by atoms with Crippen molar-refractivity contribution in [2.45, 2.75) is 38.0 Å². The molecule has 0 aliphatic heterocycles. The molecule has 0 aliphatic carbocycles. The van der Waals surface area contributed by atoms with E-state index in [0.717, 1.165) is 0 Å². The van der Waals surface area contributed by atoms with Gasteiger partial charge in [-0.25, -0.2) is 14.4 Å². The Labute approximate surface area is 142 Å². The fraction of sp³-hybridized carbons (Fsp3) is 0.750. The summed E-state index contributed by atoms with van der Waals surface area (Å²) >= 11 is 0. The van der Waals surface area contributed by atoms with Gasteiger partial charge in [-0.2, -0.15) is 17.2 Å². The number of halogens is 2. The molecule has 0 spiro atoms. The molecule has 0 aromatic heterocycles. The van der Waals surface area contributed by atoms with Gasteiger partial charge >= 0.3 is 33.4 Å². The van der Waals surface area contributed by atoms with Gasteiger partial charge in [0.2, 0.25) is 0 Å². The first-order chi connectivity index (χ1) is 11.2. The Morgan fingerprint density at radius 2 is 1.72 bits per heavy atom. The van der Waals surface area contributed by atoms with Crippen LogP contribution < -0.4 is 5.32 Å². The zero-order valence-corrected chi connectivity index (χ0v) is 14.5. The summed E-state index contributed by atoms with van der Waals surface area (Å²) in [6.45, 7) is 3.32. The highest BCUT2D eigenvalue weighted by Gasteiger charge is 2.54. The van der Waals surface area contributed by atoms with Crippen molar-refractivity contribution in [3.8, 4) is 0 Å². The molecule has 0 radical (unpaired) electrons. The van der Waals surface area contributed by atoms with Crippen LogP contribution in [0.1, 0.15) is 27.2 Å². The van der Waals surface area contributed by atoms with E-state index in [2.05, 4.69) is 14.8 Å². The van der Waals surface area contributed by atoms with Crippen LogP contribution in [0, 0.1) is 0 Å². The number of rotatable bonds is 9. The number of hydrogen-bond acceptors (Lipinski definition) is 8. The minimum absolute atomic E-state index is 0.167. The first-order valence-corrected chi connectivity index (χ1v) is 8.31. The third kappa shape index (κ3) is 8.07. The van der Waals surface area contributed by atoms with E-state index in [1.54, 1.807) is 13.8 Å². The van der Waals surface area contributed by atoms with E-state index in [4.69, 9.17) is 9.29 Å². The lowest BCUT2D eigenvalue weighted by atomic mass is 10.1. The summed E-state index contributed by atoms with van der Waals surface area (Å²) in [5, 5.41) is -2.94. The standard InChI is InChI=1S/C12H19F2NO9S/c1-4-11(2,3)24-10(18)15-5-6-22-8(16)7-23-9(17)12(13,14)25(19,20)21/h4-7H2,1-3H3,(H,15,18)(H,19,20,21). The number of alkyl halides is 2. The van der Waals surface area contributed by atoms with Crippen LogP contribution in [0.5, 0.6) is 0 Å². The molecule has 13 heteroatoms. The van der Waals surface area contributed by atoms with Gasteiger partial charge in [0.15, 0.2) is 6.61 Å². The molecular formula is C12H19F2NO9S. The monoisotopic (exact) mass is 391 g/mol. The highest BCUT2D eigenvalue weighted by molar-refractivity contribution is 7.87. The maximum absolute atomic E-state index is 12.8. The summed E-state index contributed by atoms with van der Waals surface area (Å²) < 4.78 is 67.5. The van der Waals surface area contributed by atoms with Crippen LogP contribution in [0.4, 0.5) is 13.6 Å². The second kappa shape index (κ2) is 8.89. The molecule has 0 rings (SSSR count). The van der Waals surface area contributed by atoms with Crippen molar-refractivity contribution in [2.24, 2.45) is 0 Å². The van der Waals surface area contributed by atoms with Crippen molar-refractivity contribution in [3.05, 3.63) is 0 Å². The van der Waals surface area contributed by atoms with Crippen molar-refractivity contribution in [1.29, 1.82) is 0 Å². The zero-order chi connectivity index (χ0) is 19.9. The van der Waals surface area contributed by atoms with Crippen LogP contribution in [-0.4, -0.2) is 61.6 Å². The van der Waals surface area contributed by atoms with Crippen LogP contribution in [0.25, 0.3) is 0 Å². The normalized spacial score (nSPS) is 12.2. The molecule has 0 fully saturated rings. The Morgan fingerprint density at radius 1 is 1.16 bits per heavy atom. The molecule has 0 bridgehead atoms. The molecule has 0 saturated heterocycles. The van der Waals surface area contributed by atoms with Crippen LogP contribution in [0.2, 0.25) is 0 Å². The average Bonchev–Trinajstić information content (AvgIpc) is 2.47. The Hall–Kier alpha value is -2.02. The molecule has 0 aliphatic rings. The van der Waals surface area contributed by atoms with Crippen molar-refractivity contribution < 1.29 is 50.3 Å². The van der Waals surface area contributed by atoms with Gasteiger partial charge < -0.3 is 19.5 Å². The van der Waals surface area contributed by atoms with E-state index >= 15 is 0 Å². The second-order valence-corrected chi connectivity index (χ2v) is 6.68. The van der Waals surface area contributed by atoms with Gasteiger partial charge in [-0.15, -0.1) is 0 Å². The van der Waals surface area contributed by atoms with E-state index in [9.17, 15) is 31.6 Å². The summed E-state index contributed by atoms with van der Waals surface area (Å²) in [5.41, 5.74) is -0.687. The lowest BCUT2D eigenvalue weighted by Gasteiger charge is -2.23. The summed E-state index contributed by atoms with van der Waals surface area (Å²) in [4.78, 5) is 33.3. The van der Waals surface area contributed by atoms with Gasteiger partial charge in [0.1, 0.15) is 12.2 Å². The average molecular weight is 391 g/mol. The first kappa shape index (κ1) is 23.0. The molecular weight excluding hydrogens is 372 g/mol. The molecule has 0 unspecified atom stereocenters. The van der Waals surface area contributed by atoms with Crippen molar-refractivity contribution in [3.63, 3.8) is 0 Å². The topological polar surface area (TPSA) is 145 Å². The molecule has 146 valence electrons. The predicted octanol–water partition coefficient (Wildman–Crippen LogP) is 0.468. The van der Waals surface area contributed by atoms with E-state index < -0.39 is 45.6 Å². The predicted molar refractivity (Wildman–Crippen MR) is 77.3 cm³/mol. The third-order valence-corrected chi connectivity index (χ3v) is 3.55. The Balaban J connectivity index is 4.11. The lowest BCUT2D eigenvalue weighted by Crippen LogP contribution is -2.40. The minimum Gasteiger partial charge on any atom is -0.461 e. The number of alkyl carbamates (subject to hydrolysis) is 1. The van der Waals surface area contributed by atoms with Gasteiger partial charge in [-0.1, -0.05) is 6.92 Å². The molecule has 0 saturated carbocycles. The molecule has 1 amide bonds. The van der Waals surface area contributed by atoms with E-state index in [-0.39, 0.29) is 13.2 Å². The minimum atomic E-state index is -6.02. The summed E-state index contributed by atoms with van der Waals surface area (Å²) in [6.07, 6.45) is -0.197. The molecule has 0 aromatic carbocycles. The van der Waals surface area contributed by atoms with Crippen molar-refractivity contribution in [2.75, 3.05) is 19.8 Å². The number of carbonyl (C=O) groups excluding carboxylic acids is 3. The fourth-order valence-corrected chi connectivity index (χ4v) is 1.30. The van der Waals surface area contributed by atoms with Gasteiger partial charge in [-0.3, -0.25) is 4.55 Å². The zero-order valence-electron chi connectivity index (χ0n) is 13.7. The summed E-state index contributed by atoms with van der Waals surface area (Å²) in [5.74, 6) is -3.90. The number of ether oxygens (including phenoxy) is 3. The smallest absolute Gasteiger partial charge is 0.461 e. The van der Waals surface area contributed by atoms with Gasteiger partial charge in [0, 0.05) is 0 Å². The number of amides is 1. The van der Waals surface area contributed by atoms with Gasteiger partial charge in [0.05, 0.1) is 6.54 Å². The van der Waals surface area contributed by atoms with Crippen LogP contribution in [-0.2, 0) is 33.9 Å². The Bertz CT molecular complexity index is 604. The van der Waals surface area contributed by atoms with Crippen molar-refractivity contribution >= 4 is 28.1 Å². The van der Waals surface area contributed by atoms with E-state index in [0.29, 0.717) is 6.42 Å². The molecule has 0 aromatic rings. The molecule has 2 N–H and O–H groups in total. The second-order valence-electron chi connectivity index (χ2n) is 5.22. The number of hydrogen-bond donors (Lipinski definition) is 2. The highest BCUT2D eigenvalue weighted by Crippen LogP contribution is 2.22. The molecule has 0 atom stereocenters. The highest BCUT2D eigenvalue weighted by atomic mass is 32.2. The lowest BCUT2D eigenvalue weighted by molar-refractivity contribution is -0.169. The van der Waals surface area contributed by atoms with Crippen molar-refractivity contribution in [1.82, 2.24) is 5.32 Å². The maximum atomic E-state index is 12.8. The fourth-order valence-electron chi connectivity index (χ4n) is 1.03. The SMILES string of the molecule is CCC(C)(C)OC(=O)NCCOC(=O)COC(=O)C(F)(F)S(=O)(=O)O. The summed E-state index contributed by atoms with van der Waals surface area (Å²) in [7, 11) is -6.02. The Morgan fingerprint density at radius 3 is 2.20 bits per heavy atom. The van der Waals surface area contributed by atoms with Crippen LogP contribution >= 0.6 is 0 Å². The number of esters is 2. The van der Waals surface area contributed by atoms with E-state index in [1.807, 2.05) is 6.92 Å². The van der Waals surface area contributed by atoms with E-state index in [1.165, 1.54) is 0 Å². The first-order valence-electron chi connectivity index (χ1n) is 6.87. The third-order valence-electron chi connectivity index (χ3n) is 2.74. The molecule has 10 nitrogen and oxygen atoms in total. The quantitative estimate of drug-likeness (QED) is 0.248. The number of nitrogens with one attached hydrogen (secondary N) is 1. The molecule has 0 heterocycles. The van der Waals surface area contributed by atoms with Crippen LogP contribution in [0.15, 0.2) is 0 Å².